The minimum Gasteiger partial charge on any atom is -1.00 e. The number of carbonyl (C=O) groups excluding carboxylic acids is 2. The van der Waals surface area contributed by atoms with Crippen LogP contribution in [0.1, 0.15) is 48.8 Å². The van der Waals surface area contributed by atoms with Crippen molar-refractivity contribution in [3.05, 3.63) is 41.2 Å². The number of hydrogen-bond donors (Lipinski definition) is 0. The molecule has 0 N–H and O–H groups in total. The van der Waals surface area contributed by atoms with Gasteiger partial charge in [-0.15, -0.1) is 0 Å². The zero-order valence-corrected chi connectivity index (χ0v) is 22.1. The number of rotatable bonds is 4. The summed E-state index contributed by atoms with van der Waals surface area (Å²) < 4.78 is 0. The largest absolute Gasteiger partial charge is 4.00 e. The molecule has 0 saturated heterocycles. The van der Waals surface area contributed by atoms with E-state index in [1.165, 1.54) is 12.0 Å². The van der Waals surface area contributed by atoms with Crippen molar-refractivity contribution >= 4 is 18.3 Å². The Hall–Kier alpha value is -0.291. The molecule has 1 heterocycles. The minimum atomic E-state index is -1.26. The molecule has 29 heavy (non-hydrogen) atoms. The van der Waals surface area contributed by atoms with Gasteiger partial charge in [0.05, 0.1) is 0 Å². The second kappa shape index (κ2) is 13.9. The zero-order valence-electron chi connectivity index (χ0n) is 16.6. The molecule has 9 heteroatoms. The van der Waals surface area contributed by atoms with Gasteiger partial charge in [0.1, 0.15) is 0 Å². The van der Waals surface area contributed by atoms with Crippen molar-refractivity contribution in [2.75, 3.05) is 4.90 Å². The van der Waals surface area contributed by atoms with E-state index in [4.69, 9.17) is 0 Å². The quantitative estimate of drug-likeness (QED) is 0.238. The van der Waals surface area contributed by atoms with Crippen molar-refractivity contribution in [3.8, 4) is 0 Å². The first-order valence-corrected chi connectivity index (χ1v) is 8.80. The molecule has 1 radical (unpaired) electrons. The summed E-state index contributed by atoms with van der Waals surface area (Å²) in [6.07, 6.45) is 11.0. The molecule has 1 aromatic carbocycles. The van der Waals surface area contributed by atoms with Gasteiger partial charge in [-0.1, -0.05) is 37.0 Å². The molecule has 0 atom stereocenters. The Bertz CT molecular complexity index is 666. The van der Waals surface area contributed by atoms with Crippen LogP contribution in [0, 0.1) is 20.8 Å². The van der Waals surface area contributed by atoms with Crippen LogP contribution in [-0.2, 0) is 29.7 Å². The molecule has 0 amide bonds. The topological polar surface area (TPSA) is 40.6 Å². The molecule has 1 aromatic rings. The van der Waals surface area contributed by atoms with Crippen LogP contribution in [0.2, 0.25) is 0 Å². The normalized spacial score (nSPS) is 16.9. The Morgan fingerprint density at radius 2 is 1.34 bits per heavy atom. The van der Waals surface area contributed by atoms with Crippen molar-refractivity contribution in [2.24, 2.45) is 0 Å². The Morgan fingerprint density at radius 1 is 0.862 bits per heavy atom. The maximum atomic E-state index is 12.1. The SMILES string of the molecule is Cc1cc(C)c(N2C=CN(C3CCCCC3)C2(C=O)C=O)c(C)c1.[Cl-].[Cl-].[Cl-].[Cl-].[Ir+4]. The molecular weight excluding hydrogens is 634 g/mol. The average Bonchev–Trinajstić information content (AvgIpc) is 2.94. The predicted octanol–water partition coefficient (Wildman–Crippen LogP) is -8.35. The van der Waals surface area contributed by atoms with Crippen LogP contribution in [0.5, 0.6) is 0 Å². The van der Waals surface area contributed by atoms with Crippen molar-refractivity contribution in [1.29, 1.82) is 0 Å². The van der Waals surface area contributed by atoms with Crippen molar-refractivity contribution < 1.29 is 79.3 Å². The summed E-state index contributed by atoms with van der Waals surface area (Å²) >= 11 is 0. The number of nitrogens with zero attached hydrogens (tertiary/aromatic N) is 2. The molecule has 0 unspecified atom stereocenters. The number of benzene rings is 1. The van der Waals surface area contributed by atoms with Gasteiger partial charge >= 0.3 is 20.1 Å². The Labute approximate surface area is 212 Å². The predicted molar refractivity (Wildman–Crippen MR) is 95.8 cm³/mol. The van der Waals surface area contributed by atoms with Gasteiger partial charge in [-0.25, -0.2) is 0 Å². The molecule has 1 saturated carbocycles. The molecule has 0 aromatic heterocycles. The first kappa shape index (κ1) is 33.3. The molecule has 1 aliphatic carbocycles. The van der Waals surface area contributed by atoms with Crippen molar-refractivity contribution in [1.82, 2.24) is 4.90 Å². The summed E-state index contributed by atoms with van der Waals surface area (Å²) in [5, 5.41) is 0. The van der Waals surface area contributed by atoms with E-state index in [0.717, 1.165) is 55.1 Å². The fraction of sp³-hybridized carbons (Fsp3) is 0.500. The van der Waals surface area contributed by atoms with E-state index in [1.54, 1.807) is 0 Å². The maximum Gasteiger partial charge on any atom is 4.00 e. The van der Waals surface area contributed by atoms with E-state index in [9.17, 15) is 9.59 Å². The number of aldehydes is 2. The molecule has 4 nitrogen and oxygen atoms in total. The van der Waals surface area contributed by atoms with Crippen LogP contribution >= 0.6 is 0 Å². The van der Waals surface area contributed by atoms with E-state index >= 15 is 0 Å². The second-order valence-corrected chi connectivity index (χ2v) is 7.13. The third-order valence-corrected chi connectivity index (χ3v) is 5.37. The van der Waals surface area contributed by atoms with Gasteiger partial charge in [0.15, 0.2) is 12.6 Å². The second-order valence-electron chi connectivity index (χ2n) is 7.13. The average molecular weight is 660 g/mol. The van der Waals surface area contributed by atoms with Crippen LogP contribution in [0.25, 0.3) is 0 Å². The van der Waals surface area contributed by atoms with E-state index in [1.807, 2.05) is 36.0 Å². The summed E-state index contributed by atoms with van der Waals surface area (Å²) in [5.74, 6) is 0. The van der Waals surface area contributed by atoms with Crippen LogP contribution in [0.15, 0.2) is 24.5 Å². The third-order valence-electron chi connectivity index (χ3n) is 5.37. The van der Waals surface area contributed by atoms with Gasteiger partial charge in [0.2, 0.25) is 5.66 Å². The summed E-state index contributed by atoms with van der Waals surface area (Å²) in [5.41, 5.74) is 3.04. The Kier molecular flexibility index (Phi) is 16.0. The summed E-state index contributed by atoms with van der Waals surface area (Å²) in [4.78, 5) is 28.1. The minimum absolute atomic E-state index is 0. The molecule has 0 bridgehead atoms. The zero-order chi connectivity index (χ0) is 17.3. The molecule has 1 fully saturated rings. The Balaban J connectivity index is -0.00000135. The van der Waals surface area contributed by atoms with E-state index < -0.39 is 5.66 Å². The van der Waals surface area contributed by atoms with E-state index in [0.29, 0.717) is 0 Å². The van der Waals surface area contributed by atoms with Gasteiger partial charge in [-0.2, -0.15) is 0 Å². The molecule has 3 rings (SSSR count). The Morgan fingerprint density at radius 3 is 1.79 bits per heavy atom. The summed E-state index contributed by atoms with van der Waals surface area (Å²) in [6, 6.07) is 4.45. The van der Waals surface area contributed by atoms with Gasteiger partial charge in [0, 0.05) is 24.1 Å². The summed E-state index contributed by atoms with van der Waals surface area (Å²) in [6.45, 7) is 6.13. The number of carbonyl (C=O) groups is 2. The smallest absolute Gasteiger partial charge is 1.00 e. The van der Waals surface area contributed by atoms with Gasteiger partial charge in [-0.05, 0) is 44.7 Å². The standard InChI is InChI=1S/C20H26N2O2.4ClH.Ir/c1-15-11-16(2)19(17(3)12-15)22-10-9-21(20(22,13-23)14-24)18-7-5-4-6-8-18;;;;;/h9-14,18H,4-8H2,1-3H3;4*1H;/q;;;;;+4/p-4. The van der Waals surface area contributed by atoms with Crippen LogP contribution in [-0.4, -0.2) is 29.2 Å². The molecule has 1 aliphatic heterocycles. The number of hydrogen-bond acceptors (Lipinski definition) is 4. The molecule has 165 valence electrons. The first-order valence-electron chi connectivity index (χ1n) is 8.80. The van der Waals surface area contributed by atoms with Gasteiger partial charge in [0.25, 0.3) is 0 Å². The van der Waals surface area contributed by atoms with Gasteiger partial charge in [-0.3, -0.25) is 9.59 Å². The van der Waals surface area contributed by atoms with Crippen LogP contribution in [0.3, 0.4) is 0 Å². The fourth-order valence-electron chi connectivity index (χ4n) is 4.34. The number of anilines is 1. The molecule has 0 spiro atoms. The monoisotopic (exact) mass is 659 g/mol. The molecular formula is C20H26Cl4IrN2O2. The third kappa shape index (κ3) is 6.12. The van der Waals surface area contributed by atoms with Crippen molar-refractivity contribution in [2.45, 2.75) is 64.6 Å². The molecule has 2 aliphatic rings. The number of halogens is 4. The van der Waals surface area contributed by atoms with E-state index in [2.05, 4.69) is 19.1 Å². The van der Waals surface area contributed by atoms with E-state index in [-0.39, 0.29) is 75.8 Å². The summed E-state index contributed by atoms with van der Waals surface area (Å²) in [7, 11) is 0. The maximum absolute atomic E-state index is 12.1. The van der Waals surface area contributed by atoms with Gasteiger partial charge < -0.3 is 59.4 Å². The van der Waals surface area contributed by atoms with Crippen LogP contribution < -0.4 is 54.5 Å². The van der Waals surface area contributed by atoms with Crippen molar-refractivity contribution in [3.63, 3.8) is 0 Å². The first-order chi connectivity index (χ1) is 11.5. The van der Waals surface area contributed by atoms with Crippen LogP contribution in [0.4, 0.5) is 5.69 Å². The number of aryl methyl sites for hydroxylation is 3. The fourth-order valence-corrected chi connectivity index (χ4v) is 4.34.